The number of carbonyl (C=O) groups is 1. The van der Waals surface area contributed by atoms with Crippen LogP contribution in [0.4, 0.5) is 4.79 Å². The Bertz CT molecular complexity index is 385. The Morgan fingerprint density at radius 2 is 2.06 bits per heavy atom. The standard InChI is InChI=1S/C11H14N2O3/c1-3-16-11(15)13-12-8(2)9-4-6-10(14)7-5-9/h4-7,14H,3H2,1-2H3,(H,13,15)/b12-8+. The van der Waals surface area contributed by atoms with Crippen molar-refractivity contribution in [2.24, 2.45) is 5.10 Å². The number of hydrazone groups is 1. The number of benzene rings is 1. The SMILES string of the molecule is CCOC(=O)N/N=C(\C)c1ccc(O)cc1. The number of carbonyl (C=O) groups excluding carboxylic acids is 1. The zero-order chi connectivity index (χ0) is 12.0. The van der Waals surface area contributed by atoms with E-state index in [1.54, 1.807) is 38.1 Å². The van der Waals surface area contributed by atoms with Crippen LogP contribution in [0.15, 0.2) is 29.4 Å². The molecule has 0 spiro atoms. The van der Waals surface area contributed by atoms with Gasteiger partial charge in [0.15, 0.2) is 0 Å². The molecule has 0 heterocycles. The number of ether oxygens (including phenoxy) is 1. The molecule has 0 aliphatic heterocycles. The van der Waals surface area contributed by atoms with Gasteiger partial charge in [-0.1, -0.05) is 0 Å². The van der Waals surface area contributed by atoms with Gasteiger partial charge in [0.1, 0.15) is 5.75 Å². The highest BCUT2D eigenvalue weighted by Gasteiger charge is 2.00. The fourth-order valence-electron chi connectivity index (χ4n) is 1.06. The van der Waals surface area contributed by atoms with Gasteiger partial charge in [0.2, 0.25) is 0 Å². The van der Waals surface area contributed by atoms with E-state index in [9.17, 15) is 4.79 Å². The largest absolute Gasteiger partial charge is 0.508 e. The maximum absolute atomic E-state index is 11.0. The van der Waals surface area contributed by atoms with Crippen molar-refractivity contribution in [3.8, 4) is 5.75 Å². The fraction of sp³-hybridized carbons (Fsp3) is 0.273. The summed E-state index contributed by atoms with van der Waals surface area (Å²) in [6.45, 7) is 3.77. The van der Waals surface area contributed by atoms with Crippen LogP contribution in [0.3, 0.4) is 0 Å². The first-order valence-corrected chi connectivity index (χ1v) is 4.90. The molecule has 5 heteroatoms. The van der Waals surface area contributed by atoms with Crippen molar-refractivity contribution in [2.75, 3.05) is 6.61 Å². The molecule has 0 atom stereocenters. The molecule has 86 valence electrons. The molecule has 0 aromatic heterocycles. The van der Waals surface area contributed by atoms with Gasteiger partial charge in [-0.25, -0.2) is 10.2 Å². The van der Waals surface area contributed by atoms with Gasteiger partial charge in [0, 0.05) is 0 Å². The lowest BCUT2D eigenvalue weighted by molar-refractivity contribution is 0.152. The van der Waals surface area contributed by atoms with Crippen molar-refractivity contribution in [1.82, 2.24) is 5.43 Å². The molecule has 1 rings (SSSR count). The summed E-state index contributed by atoms with van der Waals surface area (Å²) < 4.78 is 4.65. The van der Waals surface area contributed by atoms with Crippen LogP contribution in [-0.2, 0) is 4.74 Å². The van der Waals surface area contributed by atoms with Crippen LogP contribution in [0.2, 0.25) is 0 Å². The predicted octanol–water partition coefficient (Wildman–Crippen LogP) is 1.86. The molecule has 1 amide bonds. The molecule has 0 fully saturated rings. The fourth-order valence-corrected chi connectivity index (χ4v) is 1.06. The molecular formula is C11H14N2O3. The molecule has 0 aliphatic rings. The van der Waals surface area contributed by atoms with Crippen LogP contribution in [0.25, 0.3) is 0 Å². The van der Waals surface area contributed by atoms with Crippen molar-refractivity contribution >= 4 is 11.8 Å². The zero-order valence-electron chi connectivity index (χ0n) is 9.23. The summed E-state index contributed by atoms with van der Waals surface area (Å²) in [7, 11) is 0. The average molecular weight is 222 g/mol. The predicted molar refractivity (Wildman–Crippen MR) is 60.5 cm³/mol. The number of nitrogens with zero attached hydrogens (tertiary/aromatic N) is 1. The summed E-state index contributed by atoms with van der Waals surface area (Å²) in [4.78, 5) is 11.0. The smallest absolute Gasteiger partial charge is 0.427 e. The molecule has 1 aromatic rings. The second-order valence-corrected chi connectivity index (χ2v) is 3.08. The molecule has 16 heavy (non-hydrogen) atoms. The Hall–Kier alpha value is -2.04. The average Bonchev–Trinajstić information content (AvgIpc) is 2.27. The van der Waals surface area contributed by atoms with Crippen LogP contribution in [-0.4, -0.2) is 23.5 Å². The number of aromatic hydroxyl groups is 1. The Balaban J connectivity index is 2.63. The van der Waals surface area contributed by atoms with E-state index in [2.05, 4.69) is 15.3 Å². The van der Waals surface area contributed by atoms with Crippen molar-refractivity contribution in [3.63, 3.8) is 0 Å². The third-order valence-electron chi connectivity index (χ3n) is 1.88. The number of phenols is 1. The first kappa shape index (κ1) is 12.0. The van der Waals surface area contributed by atoms with Gasteiger partial charge in [-0.05, 0) is 43.7 Å². The minimum Gasteiger partial charge on any atom is -0.508 e. The van der Waals surface area contributed by atoms with Gasteiger partial charge in [0.25, 0.3) is 0 Å². The van der Waals surface area contributed by atoms with E-state index in [0.29, 0.717) is 12.3 Å². The van der Waals surface area contributed by atoms with Crippen molar-refractivity contribution < 1.29 is 14.6 Å². The van der Waals surface area contributed by atoms with Crippen molar-refractivity contribution in [1.29, 1.82) is 0 Å². The van der Waals surface area contributed by atoms with Gasteiger partial charge in [-0.15, -0.1) is 0 Å². The molecule has 0 unspecified atom stereocenters. The van der Waals surface area contributed by atoms with Crippen LogP contribution in [0, 0.1) is 0 Å². The van der Waals surface area contributed by atoms with Gasteiger partial charge < -0.3 is 9.84 Å². The van der Waals surface area contributed by atoms with Crippen molar-refractivity contribution in [3.05, 3.63) is 29.8 Å². The lowest BCUT2D eigenvalue weighted by Gasteiger charge is -2.02. The number of hydrogen-bond acceptors (Lipinski definition) is 4. The summed E-state index contributed by atoms with van der Waals surface area (Å²) in [6, 6.07) is 6.53. The quantitative estimate of drug-likeness (QED) is 0.605. The molecule has 0 aliphatic carbocycles. The van der Waals surface area contributed by atoms with E-state index in [4.69, 9.17) is 5.11 Å². The summed E-state index contributed by atoms with van der Waals surface area (Å²) in [5.41, 5.74) is 3.71. The minimum atomic E-state index is -0.583. The topological polar surface area (TPSA) is 70.9 Å². The molecular weight excluding hydrogens is 208 g/mol. The minimum absolute atomic E-state index is 0.190. The van der Waals surface area contributed by atoms with E-state index in [1.807, 2.05) is 0 Å². The molecule has 2 N–H and O–H groups in total. The first-order valence-electron chi connectivity index (χ1n) is 4.90. The molecule has 5 nitrogen and oxygen atoms in total. The van der Waals surface area contributed by atoms with Crippen LogP contribution in [0.1, 0.15) is 19.4 Å². The maximum atomic E-state index is 11.0. The lowest BCUT2D eigenvalue weighted by atomic mass is 10.1. The number of rotatable bonds is 3. The lowest BCUT2D eigenvalue weighted by Crippen LogP contribution is -2.20. The monoisotopic (exact) mass is 222 g/mol. The molecule has 0 bridgehead atoms. The van der Waals surface area contributed by atoms with Gasteiger partial charge in [-0.2, -0.15) is 5.10 Å². The highest BCUT2D eigenvalue weighted by atomic mass is 16.5. The normalized spacial score (nSPS) is 11.0. The number of amides is 1. The Morgan fingerprint density at radius 1 is 1.44 bits per heavy atom. The summed E-state index contributed by atoms with van der Waals surface area (Å²) in [5, 5.41) is 13.0. The van der Waals surface area contributed by atoms with Gasteiger partial charge >= 0.3 is 6.09 Å². The van der Waals surface area contributed by atoms with Crippen LogP contribution < -0.4 is 5.43 Å². The summed E-state index contributed by atoms with van der Waals surface area (Å²) >= 11 is 0. The third kappa shape index (κ3) is 3.61. The first-order chi connectivity index (χ1) is 7.63. The number of hydrogen-bond donors (Lipinski definition) is 2. The second-order valence-electron chi connectivity index (χ2n) is 3.08. The van der Waals surface area contributed by atoms with E-state index >= 15 is 0 Å². The Morgan fingerprint density at radius 3 is 2.62 bits per heavy atom. The van der Waals surface area contributed by atoms with E-state index < -0.39 is 6.09 Å². The highest BCUT2D eigenvalue weighted by Crippen LogP contribution is 2.10. The van der Waals surface area contributed by atoms with Gasteiger partial charge in [-0.3, -0.25) is 0 Å². The van der Waals surface area contributed by atoms with E-state index in [1.165, 1.54) is 0 Å². The Kier molecular flexibility index (Phi) is 4.32. The van der Waals surface area contributed by atoms with E-state index in [0.717, 1.165) is 5.56 Å². The molecule has 0 radical (unpaired) electrons. The van der Waals surface area contributed by atoms with Gasteiger partial charge in [0.05, 0.1) is 12.3 Å². The molecule has 0 saturated heterocycles. The summed E-state index contributed by atoms with van der Waals surface area (Å²) in [6.07, 6.45) is -0.583. The number of nitrogens with one attached hydrogen (secondary N) is 1. The molecule has 0 saturated carbocycles. The highest BCUT2D eigenvalue weighted by molar-refractivity contribution is 5.99. The van der Waals surface area contributed by atoms with E-state index in [-0.39, 0.29) is 5.75 Å². The van der Waals surface area contributed by atoms with Crippen molar-refractivity contribution in [2.45, 2.75) is 13.8 Å². The van der Waals surface area contributed by atoms with Crippen LogP contribution in [0.5, 0.6) is 5.75 Å². The third-order valence-corrected chi connectivity index (χ3v) is 1.88. The molecule has 1 aromatic carbocycles. The number of phenolic OH excluding ortho intramolecular Hbond substituents is 1. The second kappa shape index (κ2) is 5.75. The zero-order valence-corrected chi connectivity index (χ0v) is 9.23. The van der Waals surface area contributed by atoms with Crippen LogP contribution >= 0.6 is 0 Å². The Labute approximate surface area is 93.7 Å². The maximum Gasteiger partial charge on any atom is 0.427 e. The summed E-state index contributed by atoms with van der Waals surface area (Å²) in [5.74, 6) is 0.190.